The Morgan fingerprint density at radius 1 is 1.58 bits per heavy atom. The number of aryl methyl sites for hydroxylation is 1. The average Bonchev–Trinajstić information content (AvgIpc) is 2.38. The van der Waals surface area contributed by atoms with Crippen molar-refractivity contribution in [3.8, 4) is 0 Å². The number of esters is 1. The molecule has 104 valence electrons. The van der Waals surface area contributed by atoms with E-state index in [1.807, 2.05) is 0 Å². The predicted molar refractivity (Wildman–Crippen MR) is 71.0 cm³/mol. The van der Waals surface area contributed by atoms with Gasteiger partial charge in [0.1, 0.15) is 0 Å². The number of halogens is 1. The first-order valence-electron chi connectivity index (χ1n) is 5.49. The van der Waals surface area contributed by atoms with Crippen molar-refractivity contribution in [2.24, 2.45) is 0 Å². The van der Waals surface area contributed by atoms with Gasteiger partial charge in [0.25, 0.3) is 11.2 Å². The molecular formula is C11H13BrN2O5. The second-order valence-electron chi connectivity index (χ2n) is 3.89. The summed E-state index contributed by atoms with van der Waals surface area (Å²) in [5, 5.41) is 10.9. The van der Waals surface area contributed by atoms with E-state index in [9.17, 15) is 19.7 Å². The third kappa shape index (κ3) is 3.63. The van der Waals surface area contributed by atoms with Crippen LogP contribution in [-0.2, 0) is 16.1 Å². The maximum atomic E-state index is 11.9. The number of hydrogen-bond donors (Lipinski definition) is 0. The number of methoxy groups -OCH3 is 1. The Balaban J connectivity index is 2.99. The zero-order valence-corrected chi connectivity index (χ0v) is 12.1. The first-order chi connectivity index (χ1) is 8.88. The van der Waals surface area contributed by atoms with Crippen LogP contribution in [0, 0.1) is 17.0 Å². The van der Waals surface area contributed by atoms with Crippen LogP contribution < -0.4 is 5.56 Å². The number of nitrogens with zero attached hydrogens (tertiary/aromatic N) is 2. The molecule has 1 aromatic rings. The number of carbonyl (C=O) groups is 1. The van der Waals surface area contributed by atoms with Crippen molar-refractivity contribution in [1.29, 1.82) is 0 Å². The molecule has 0 amide bonds. The summed E-state index contributed by atoms with van der Waals surface area (Å²) in [6.45, 7) is 1.72. The smallest absolute Gasteiger partial charge is 0.305 e. The van der Waals surface area contributed by atoms with Gasteiger partial charge in [0.2, 0.25) is 0 Å². The molecule has 0 aliphatic heterocycles. The van der Waals surface area contributed by atoms with E-state index in [-0.39, 0.29) is 34.7 Å². The molecule has 0 fully saturated rings. The van der Waals surface area contributed by atoms with Gasteiger partial charge in [0.15, 0.2) is 0 Å². The molecule has 7 nitrogen and oxygen atoms in total. The van der Waals surface area contributed by atoms with Crippen LogP contribution in [0.2, 0.25) is 0 Å². The Kier molecular flexibility index (Phi) is 5.22. The summed E-state index contributed by atoms with van der Waals surface area (Å²) >= 11 is 3.05. The number of pyridine rings is 1. The van der Waals surface area contributed by atoms with Crippen molar-refractivity contribution in [1.82, 2.24) is 4.57 Å². The SMILES string of the molecule is COC(=O)CCCn1cc([N+](=O)[O-])c(C)c(Br)c1=O. The fourth-order valence-corrected chi connectivity index (χ4v) is 1.98. The highest BCUT2D eigenvalue weighted by Crippen LogP contribution is 2.22. The van der Waals surface area contributed by atoms with E-state index >= 15 is 0 Å². The third-order valence-corrected chi connectivity index (χ3v) is 3.58. The van der Waals surface area contributed by atoms with Crippen LogP contribution in [0.25, 0.3) is 0 Å². The van der Waals surface area contributed by atoms with Crippen LogP contribution in [0.3, 0.4) is 0 Å². The molecule has 0 aliphatic carbocycles. The summed E-state index contributed by atoms with van der Waals surface area (Å²) in [6.07, 6.45) is 1.72. The molecule has 0 N–H and O–H groups in total. The van der Waals surface area contributed by atoms with Crippen molar-refractivity contribution >= 4 is 27.6 Å². The van der Waals surface area contributed by atoms with Crippen molar-refractivity contribution in [2.45, 2.75) is 26.3 Å². The van der Waals surface area contributed by atoms with Crippen LogP contribution in [-0.4, -0.2) is 22.6 Å². The Morgan fingerprint density at radius 3 is 2.74 bits per heavy atom. The number of rotatable bonds is 5. The number of hydrogen-bond acceptors (Lipinski definition) is 5. The normalized spacial score (nSPS) is 10.3. The van der Waals surface area contributed by atoms with E-state index in [1.165, 1.54) is 24.8 Å². The minimum Gasteiger partial charge on any atom is -0.469 e. The minimum atomic E-state index is -0.545. The molecule has 0 aromatic carbocycles. The summed E-state index contributed by atoms with van der Waals surface area (Å²) in [5.41, 5.74) is -0.197. The molecular weight excluding hydrogens is 320 g/mol. The molecule has 1 rings (SSSR count). The molecule has 0 saturated carbocycles. The van der Waals surface area contributed by atoms with E-state index in [0.29, 0.717) is 12.0 Å². The van der Waals surface area contributed by atoms with Gasteiger partial charge in [-0.15, -0.1) is 0 Å². The van der Waals surface area contributed by atoms with Gasteiger partial charge < -0.3 is 9.30 Å². The lowest BCUT2D eigenvalue weighted by Gasteiger charge is -2.08. The lowest BCUT2D eigenvalue weighted by molar-refractivity contribution is -0.386. The van der Waals surface area contributed by atoms with Gasteiger partial charge in [0, 0.05) is 18.5 Å². The van der Waals surface area contributed by atoms with E-state index in [2.05, 4.69) is 20.7 Å². The van der Waals surface area contributed by atoms with Gasteiger partial charge in [-0.05, 0) is 29.3 Å². The molecule has 1 heterocycles. The lowest BCUT2D eigenvalue weighted by atomic mass is 10.2. The quantitative estimate of drug-likeness (QED) is 0.465. The van der Waals surface area contributed by atoms with Gasteiger partial charge in [-0.25, -0.2) is 0 Å². The summed E-state index contributed by atoms with van der Waals surface area (Å²) < 4.78 is 5.87. The summed E-state index contributed by atoms with van der Waals surface area (Å²) in [6, 6.07) is 0. The molecule has 19 heavy (non-hydrogen) atoms. The van der Waals surface area contributed by atoms with E-state index < -0.39 is 4.92 Å². The number of nitro groups is 1. The Hall–Kier alpha value is -1.70. The summed E-state index contributed by atoms with van der Waals surface area (Å²) in [5.74, 6) is -0.381. The number of ether oxygens (including phenoxy) is 1. The molecule has 1 aromatic heterocycles. The fraction of sp³-hybridized carbons (Fsp3) is 0.455. The van der Waals surface area contributed by atoms with Gasteiger partial charge in [-0.1, -0.05) is 0 Å². The van der Waals surface area contributed by atoms with Crippen LogP contribution in [0.5, 0.6) is 0 Å². The lowest BCUT2D eigenvalue weighted by Crippen LogP contribution is -2.22. The van der Waals surface area contributed by atoms with Crippen molar-refractivity contribution in [3.05, 3.63) is 36.7 Å². The molecule has 0 aliphatic rings. The highest BCUT2D eigenvalue weighted by atomic mass is 79.9. The van der Waals surface area contributed by atoms with Crippen molar-refractivity contribution in [3.63, 3.8) is 0 Å². The largest absolute Gasteiger partial charge is 0.469 e. The zero-order chi connectivity index (χ0) is 14.6. The molecule has 8 heteroatoms. The van der Waals surface area contributed by atoms with Crippen LogP contribution in [0.1, 0.15) is 18.4 Å². The van der Waals surface area contributed by atoms with Crippen LogP contribution in [0.15, 0.2) is 15.5 Å². The zero-order valence-electron chi connectivity index (χ0n) is 10.5. The van der Waals surface area contributed by atoms with Gasteiger partial charge in [0.05, 0.1) is 22.7 Å². The second-order valence-corrected chi connectivity index (χ2v) is 4.68. The van der Waals surface area contributed by atoms with Crippen LogP contribution >= 0.6 is 15.9 Å². The topological polar surface area (TPSA) is 91.4 Å². The average molecular weight is 333 g/mol. The molecule has 0 bridgehead atoms. The fourth-order valence-electron chi connectivity index (χ4n) is 1.55. The Morgan fingerprint density at radius 2 is 2.21 bits per heavy atom. The minimum absolute atomic E-state index is 0.135. The molecule has 0 unspecified atom stereocenters. The molecule has 0 saturated heterocycles. The van der Waals surface area contributed by atoms with E-state index in [4.69, 9.17) is 0 Å². The van der Waals surface area contributed by atoms with E-state index in [1.54, 1.807) is 0 Å². The molecule has 0 spiro atoms. The molecule has 0 atom stereocenters. The first kappa shape index (κ1) is 15.4. The third-order valence-electron chi connectivity index (χ3n) is 2.64. The summed E-state index contributed by atoms with van der Waals surface area (Å²) in [4.78, 5) is 33.2. The first-order valence-corrected chi connectivity index (χ1v) is 6.28. The standard InChI is InChI=1S/C11H13BrN2O5/c1-7-8(14(17)18)6-13(11(16)10(7)12)5-3-4-9(15)19-2/h6H,3-5H2,1-2H3. The monoisotopic (exact) mass is 332 g/mol. The van der Waals surface area contributed by atoms with Crippen molar-refractivity contribution < 1.29 is 14.5 Å². The maximum Gasteiger partial charge on any atom is 0.305 e. The van der Waals surface area contributed by atoms with Gasteiger partial charge in [-0.2, -0.15) is 0 Å². The Labute approximate surface area is 117 Å². The highest BCUT2D eigenvalue weighted by molar-refractivity contribution is 9.10. The molecule has 0 radical (unpaired) electrons. The number of carbonyl (C=O) groups excluding carboxylic acids is 1. The number of aromatic nitrogens is 1. The van der Waals surface area contributed by atoms with Crippen LogP contribution in [0.4, 0.5) is 5.69 Å². The summed E-state index contributed by atoms with van der Waals surface area (Å²) in [7, 11) is 1.28. The van der Waals surface area contributed by atoms with Crippen molar-refractivity contribution in [2.75, 3.05) is 7.11 Å². The van der Waals surface area contributed by atoms with Gasteiger partial charge >= 0.3 is 5.97 Å². The van der Waals surface area contributed by atoms with E-state index in [0.717, 1.165) is 0 Å². The highest BCUT2D eigenvalue weighted by Gasteiger charge is 2.18. The maximum absolute atomic E-state index is 11.9. The second kappa shape index (κ2) is 6.46. The Bertz CT molecular complexity index is 567. The predicted octanol–water partition coefficient (Wildman–Crippen LogP) is 1.78. The van der Waals surface area contributed by atoms with Gasteiger partial charge in [-0.3, -0.25) is 19.7 Å².